The highest BCUT2D eigenvalue weighted by atomic mass is 32.1. The van der Waals surface area contributed by atoms with Crippen LogP contribution in [0.25, 0.3) is 10.6 Å². The SMILES string of the molecule is O=C(NCc1ccccn1)c1csc(-c2ccccc2)n1. The van der Waals surface area contributed by atoms with Crippen molar-refractivity contribution in [3.63, 3.8) is 0 Å². The Bertz CT molecular complexity index is 726. The number of benzene rings is 1. The van der Waals surface area contributed by atoms with E-state index in [1.165, 1.54) is 11.3 Å². The Morgan fingerprint density at radius 1 is 1.10 bits per heavy atom. The first-order valence-corrected chi connectivity index (χ1v) is 7.40. The quantitative estimate of drug-likeness (QED) is 0.804. The Labute approximate surface area is 126 Å². The van der Waals surface area contributed by atoms with Gasteiger partial charge in [0.1, 0.15) is 10.7 Å². The van der Waals surface area contributed by atoms with Gasteiger partial charge in [0.15, 0.2) is 0 Å². The Kier molecular flexibility index (Phi) is 4.02. The second-order valence-corrected chi connectivity index (χ2v) is 5.27. The highest BCUT2D eigenvalue weighted by Gasteiger charge is 2.11. The Balaban J connectivity index is 1.67. The summed E-state index contributed by atoms with van der Waals surface area (Å²) < 4.78 is 0. The third-order valence-electron chi connectivity index (χ3n) is 2.91. The zero-order valence-electron chi connectivity index (χ0n) is 11.2. The summed E-state index contributed by atoms with van der Waals surface area (Å²) in [5.41, 5.74) is 2.28. The lowest BCUT2D eigenvalue weighted by molar-refractivity contribution is 0.0946. The van der Waals surface area contributed by atoms with E-state index in [2.05, 4.69) is 15.3 Å². The number of hydrogen-bond donors (Lipinski definition) is 1. The molecule has 0 aliphatic rings. The van der Waals surface area contributed by atoms with Crippen molar-refractivity contribution in [1.82, 2.24) is 15.3 Å². The van der Waals surface area contributed by atoms with Crippen molar-refractivity contribution < 1.29 is 4.79 Å². The van der Waals surface area contributed by atoms with Crippen molar-refractivity contribution in [2.75, 3.05) is 0 Å². The van der Waals surface area contributed by atoms with Gasteiger partial charge in [-0.05, 0) is 12.1 Å². The first-order chi connectivity index (χ1) is 10.3. The molecule has 2 heterocycles. The van der Waals surface area contributed by atoms with Gasteiger partial charge >= 0.3 is 0 Å². The fraction of sp³-hybridized carbons (Fsp3) is 0.0625. The predicted octanol–water partition coefficient (Wildman–Crippen LogP) is 3.14. The Morgan fingerprint density at radius 3 is 2.67 bits per heavy atom. The van der Waals surface area contributed by atoms with Crippen molar-refractivity contribution in [2.45, 2.75) is 6.54 Å². The molecular weight excluding hydrogens is 282 g/mol. The number of amides is 1. The third-order valence-corrected chi connectivity index (χ3v) is 3.81. The lowest BCUT2D eigenvalue weighted by Gasteiger charge is -2.02. The normalized spacial score (nSPS) is 10.3. The summed E-state index contributed by atoms with van der Waals surface area (Å²) >= 11 is 1.47. The molecule has 0 aliphatic carbocycles. The van der Waals surface area contributed by atoms with E-state index in [0.717, 1.165) is 16.3 Å². The molecule has 0 fully saturated rings. The molecular formula is C16H13N3OS. The first kappa shape index (κ1) is 13.5. The van der Waals surface area contributed by atoms with Crippen LogP contribution in [-0.2, 0) is 6.54 Å². The summed E-state index contributed by atoms with van der Waals surface area (Å²) in [7, 11) is 0. The molecule has 0 bridgehead atoms. The molecule has 5 heteroatoms. The summed E-state index contributed by atoms with van der Waals surface area (Å²) in [4.78, 5) is 20.6. The molecule has 3 rings (SSSR count). The van der Waals surface area contributed by atoms with Gasteiger partial charge in [-0.2, -0.15) is 0 Å². The van der Waals surface area contributed by atoms with E-state index in [-0.39, 0.29) is 5.91 Å². The maximum atomic E-state index is 12.1. The van der Waals surface area contributed by atoms with Crippen LogP contribution in [0.15, 0.2) is 60.1 Å². The van der Waals surface area contributed by atoms with Crippen LogP contribution in [0.4, 0.5) is 0 Å². The molecule has 104 valence electrons. The minimum Gasteiger partial charge on any atom is -0.345 e. The maximum Gasteiger partial charge on any atom is 0.271 e. The van der Waals surface area contributed by atoms with Gasteiger partial charge in [-0.25, -0.2) is 4.98 Å². The summed E-state index contributed by atoms with van der Waals surface area (Å²) in [6.07, 6.45) is 1.71. The molecule has 0 unspecified atom stereocenters. The van der Waals surface area contributed by atoms with Crippen molar-refractivity contribution in [1.29, 1.82) is 0 Å². The van der Waals surface area contributed by atoms with Crippen molar-refractivity contribution in [2.24, 2.45) is 0 Å². The van der Waals surface area contributed by atoms with Gasteiger partial charge in [0, 0.05) is 17.1 Å². The molecule has 1 aromatic carbocycles. The molecule has 0 spiro atoms. The molecule has 0 radical (unpaired) electrons. The highest BCUT2D eigenvalue weighted by Crippen LogP contribution is 2.23. The summed E-state index contributed by atoms with van der Waals surface area (Å²) in [5, 5.41) is 5.44. The second kappa shape index (κ2) is 6.28. The summed E-state index contributed by atoms with van der Waals surface area (Å²) in [6.45, 7) is 0.401. The molecule has 0 aliphatic heterocycles. The molecule has 0 atom stereocenters. The number of aromatic nitrogens is 2. The number of rotatable bonds is 4. The van der Waals surface area contributed by atoms with E-state index < -0.39 is 0 Å². The number of carbonyl (C=O) groups excluding carboxylic acids is 1. The average Bonchev–Trinajstić information content (AvgIpc) is 3.04. The monoisotopic (exact) mass is 295 g/mol. The van der Waals surface area contributed by atoms with E-state index >= 15 is 0 Å². The lowest BCUT2D eigenvalue weighted by atomic mass is 10.2. The van der Waals surface area contributed by atoms with Gasteiger partial charge < -0.3 is 5.32 Å². The van der Waals surface area contributed by atoms with E-state index in [4.69, 9.17) is 0 Å². The molecule has 4 nitrogen and oxygen atoms in total. The molecule has 0 saturated carbocycles. The number of thiazole rings is 1. The van der Waals surface area contributed by atoms with Crippen molar-refractivity contribution in [3.05, 3.63) is 71.5 Å². The number of nitrogens with one attached hydrogen (secondary N) is 1. The minimum atomic E-state index is -0.181. The van der Waals surface area contributed by atoms with Gasteiger partial charge in [0.25, 0.3) is 5.91 Å². The van der Waals surface area contributed by atoms with Gasteiger partial charge in [-0.15, -0.1) is 11.3 Å². The van der Waals surface area contributed by atoms with Gasteiger partial charge in [-0.1, -0.05) is 36.4 Å². The second-order valence-electron chi connectivity index (χ2n) is 4.41. The lowest BCUT2D eigenvalue weighted by Crippen LogP contribution is -2.23. The van der Waals surface area contributed by atoms with Crippen LogP contribution >= 0.6 is 11.3 Å². The first-order valence-electron chi connectivity index (χ1n) is 6.52. The van der Waals surface area contributed by atoms with Crippen LogP contribution < -0.4 is 5.32 Å². The Hall–Kier alpha value is -2.53. The van der Waals surface area contributed by atoms with E-state index in [0.29, 0.717) is 12.2 Å². The average molecular weight is 295 g/mol. The molecule has 2 aromatic heterocycles. The van der Waals surface area contributed by atoms with Gasteiger partial charge in [-0.3, -0.25) is 9.78 Å². The van der Waals surface area contributed by atoms with Gasteiger partial charge in [0.05, 0.1) is 12.2 Å². The zero-order chi connectivity index (χ0) is 14.5. The van der Waals surface area contributed by atoms with E-state index in [1.54, 1.807) is 11.6 Å². The van der Waals surface area contributed by atoms with Crippen molar-refractivity contribution >= 4 is 17.2 Å². The van der Waals surface area contributed by atoms with Crippen LogP contribution in [0.5, 0.6) is 0 Å². The van der Waals surface area contributed by atoms with Crippen LogP contribution in [0.1, 0.15) is 16.2 Å². The minimum absolute atomic E-state index is 0.181. The summed E-state index contributed by atoms with van der Waals surface area (Å²) in [5.74, 6) is -0.181. The summed E-state index contributed by atoms with van der Waals surface area (Å²) in [6, 6.07) is 15.4. The zero-order valence-corrected chi connectivity index (χ0v) is 12.0. The molecule has 21 heavy (non-hydrogen) atoms. The van der Waals surface area contributed by atoms with E-state index in [1.807, 2.05) is 48.5 Å². The fourth-order valence-corrected chi connectivity index (χ4v) is 2.66. The molecule has 1 N–H and O–H groups in total. The van der Waals surface area contributed by atoms with E-state index in [9.17, 15) is 4.79 Å². The third kappa shape index (κ3) is 3.32. The van der Waals surface area contributed by atoms with Gasteiger partial charge in [0.2, 0.25) is 0 Å². The molecule has 3 aromatic rings. The van der Waals surface area contributed by atoms with Crippen LogP contribution in [-0.4, -0.2) is 15.9 Å². The maximum absolute atomic E-state index is 12.1. The standard InChI is InChI=1S/C16H13N3OS/c20-15(18-10-13-8-4-5-9-17-13)14-11-21-16(19-14)12-6-2-1-3-7-12/h1-9,11H,10H2,(H,18,20). The number of carbonyl (C=O) groups is 1. The number of hydrogen-bond acceptors (Lipinski definition) is 4. The fourth-order valence-electron chi connectivity index (χ4n) is 1.86. The predicted molar refractivity (Wildman–Crippen MR) is 83.0 cm³/mol. The smallest absolute Gasteiger partial charge is 0.271 e. The van der Waals surface area contributed by atoms with Crippen LogP contribution in [0, 0.1) is 0 Å². The van der Waals surface area contributed by atoms with Crippen LogP contribution in [0.2, 0.25) is 0 Å². The largest absolute Gasteiger partial charge is 0.345 e. The highest BCUT2D eigenvalue weighted by molar-refractivity contribution is 7.13. The molecule has 1 amide bonds. The Morgan fingerprint density at radius 2 is 1.90 bits per heavy atom. The number of pyridine rings is 1. The van der Waals surface area contributed by atoms with Crippen molar-refractivity contribution in [3.8, 4) is 10.6 Å². The topological polar surface area (TPSA) is 54.9 Å². The number of nitrogens with zero attached hydrogens (tertiary/aromatic N) is 2. The van der Waals surface area contributed by atoms with Crippen LogP contribution in [0.3, 0.4) is 0 Å². The molecule has 0 saturated heterocycles.